The molecule has 0 spiro atoms. The molecule has 0 amide bonds. The molecule has 2 heterocycles. The Kier molecular flexibility index (Phi) is 1.50. The van der Waals surface area contributed by atoms with Gasteiger partial charge in [0.25, 0.3) is 5.95 Å². The van der Waals surface area contributed by atoms with E-state index in [4.69, 9.17) is 0 Å². The molecule has 0 aliphatic heterocycles. The molecule has 0 fully saturated rings. The van der Waals surface area contributed by atoms with Crippen LogP contribution in [0.1, 0.15) is 5.82 Å². The van der Waals surface area contributed by atoms with Crippen LogP contribution in [0.4, 0.5) is 0 Å². The van der Waals surface area contributed by atoms with Gasteiger partial charge in [0.15, 0.2) is 5.82 Å². The maximum absolute atomic E-state index is 3.71. The fourth-order valence-corrected chi connectivity index (χ4v) is 0.770. The average Bonchev–Trinajstić information content (AvgIpc) is 2.74. The van der Waals surface area contributed by atoms with E-state index in [-0.39, 0.29) is 0 Å². The van der Waals surface area contributed by atoms with Gasteiger partial charge in [-0.05, 0) is 27.8 Å². The summed E-state index contributed by atoms with van der Waals surface area (Å²) in [7, 11) is 0. The number of aromatic amines is 1. The van der Waals surface area contributed by atoms with Gasteiger partial charge in [-0.25, -0.2) is 5.10 Å². The molecule has 0 aliphatic carbocycles. The van der Waals surface area contributed by atoms with E-state index in [0.717, 1.165) is 0 Å². The van der Waals surface area contributed by atoms with Gasteiger partial charge in [-0.1, -0.05) is 5.10 Å². The third-order valence-electron chi connectivity index (χ3n) is 1.29. The monoisotopic (exact) mass is 165 g/mol. The first kappa shape index (κ1) is 6.83. The van der Waals surface area contributed by atoms with E-state index in [9.17, 15) is 0 Å². The highest BCUT2D eigenvalue weighted by Gasteiger charge is 2.07. The Morgan fingerprint density at radius 3 is 2.92 bits per heavy atom. The van der Waals surface area contributed by atoms with Crippen molar-refractivity contribution in [3.05, 3.63) is 12.7 Å². The zero-order valence-electron chi connectivity index (χ0n) is 6.04. The van der Waals surface area contributed by atoms with Crippen molar-refractivity contribution in [2.24, 2.45) is 0 Å². The lowest BCUT2D eigenvalue weighted by Gasteiger charge is -1.93. The summed E-state index contributed by atoms with van der Waals surface area (Å²) in [5.74, 6) is 0.993. The van der Waals surface area contributed by atoms with E-state index in [0.29, 0.717) is 18.2 Å². The highest BCUT2D eigenvalue weighted by atomic mass is 15.6. The van der Waals surface area contributed by atoms with Gasteiger partial charge in [-0.15, -0.1) is 5.10 Å². The molecule has 2 rings (SSSR count). The van der Waals surface area contributed by atoms with Gasteiger partial charge in [0.2, 0.25) is 0 Å². The fourth-order valence-electron chi connectivity index (χ4n) is 0.770. The quantitative estimate of drug-likeness (QED) is 0.584. The smallest absolute Gasteiger partial charge is 0.223 e. The summed E-state index contributed by atoms with van der Waals surface area (Å²) in [6.07, 6.45) is 0.480. The third-order valence-corrected chi connectivity index (χ3v) is 1.29. The van der Waals surface area contributed by atoms with Crippen LogP contribution in [0.5, 0.6) is 0 Å². The topological polar surface area (TPSA) is 98.1 Å². The molecule has 61 valence electrons. The molecular formula is C4H5N8. The van der Waals surface area contributed by atoms with Crippen molar-refractivity contribution in [2.75, 3.05) is 0 Å². The maximum Gasteiger partial charge on any atom is 0.270 e. The number of nitrogens with one attached hydrogen (secondary N) is 1. The highest BCUT2D eigenvalue weighted by Crippen LogP contribution is 1.97. The number of tetrazole rings is 2. The normalized spacial score (nSPS) is 10.4. The van der Waals surface area contributed by atoms with Crippen molar-refractivity contribution in [3.8, 4) is 5.95 Å². The Balaban J connectivity index is 2.46. The summed E-state index contributed by atoms with van der Waals surface area (Å²) in [5, 5.41) is 23.8. The summed E-state index contributed by atoms with van der Waals surface area (Å²) in [6, 6.07) is 0. The van der Waals surface area contributed by atoms with Crippen molar-refractivity contribution in [1.82, 2.24) is 40.8 Å². The van der Waals surface area contributed by atoms with Gasteiger partial charge in [0, 0.05) is 6.42 Å². The summed E-state index contributed by atoms with van der Waals surface area (Å²) in [4.78, 5) is 0. The van der Waals surface area contributed by atoms with Gasteiger partial charge < -0.3 is 0 Å². The lowest BCUT2D eigenvalue weighted by atomic mass is 10.5. The van der Waals surface area contributed by atoms with Crippen LogP contribution in [0.25, 0.3) is 5.95 Å². The van der Waals surface area contributed by atoms with Crippen molar-refractivity contribution in [2.45, 2.75) is 6.42 Å². The lowest BCUT2D eigenvalue weighted by molar-refractivity contribution is 0.731. The zero-order valence-corrected chi connectivity index (χ0v) is 6.04. The molecule has 2 aromatic heterocycles. The van der Waals surface area contributed by atoms with Gasteiger partial charge in [-0.3, -0.25) is 0 Å². The first-order valence-corrected chi connectivity index (χ1v) is 3.22. The Hall–Kier alpha value is -1.86. The van der Waals surface area contributed by atoms with Gasteiger partial charge in [0.05, 0.1) is 0 Å². The number of rotatable bonds is 2. The highest BCUT2D eigenvalue weighted by molar-refractivity contribution is 5.04. The minimum atomic E-state index is 0.388. The molecular weight excluding hydrogens is 160 g/mol. The lowest BCUT2D eigenvalue weighted by Crippen LogP contribution is -2.04. The second kappa shape index (κ2) is 2.64. The Labute approximate surface area is 67.0 Å². The molecule has 0 aliphatic rings. The van der Waals surface area contributed by atoms with Crippen LogP contribution < -0.4 is 0 Å². The second-order valence-electron chi connectivity index (χ2n) is 1.98. The molecule has 0 saturated carbocycles. The Morgan fingerprint density at radius 2 is 2.25 bits per heavy atom. The first-order valence-electron chi connectivity index (χ1n) is 3.22. The van der Waals surface area contributed by atoms with Crippen molar-refractivity contribution >= 4 is 0 Å². The molecule has 1 radical (unpaired) electrons. The van der Waals surface area contributed by atoms with Gasteiger partial charge >= 0.3 is 0 Å². The van der Waals surface area contributed by atoms with Crippen molar-refractivity contribution in [3.63, 3.8) is 0 Å². The Morgan fingerprint density at radius 1 is 1.33 bits per heavy atom. The standard InChI is InChI=1S/C4H5N8/c1-2-3-5-10-11-12(3)4-6-8-9-7-4/h1-2H2,(H,6,7,8,9). The van der Waals surface area contributed by atoms with E-state index in [1.165, 1.54) is 4.68 Å². The minimum Gasteiger partial charge on any atom is -0.223 e. The second-order valence-corrected chi connectivity index (χ2v) is 1.98. The van der Waals surface area contributed by atoms with Crippen molar-refractivity contribution < 1.29 is 0 Å². The molecule has 8 nitrogen and oxygen atoms in total. The number of hydrogen-bond acceptors (Lipinski definition) is 6. The summed E-state index contributed by atoms with van der Waals surface area (Å²) >= 11 is 0. The molecule has 0 bridgehead atoms. The number of aromatic nitrogens is 8. The molecule has 0 saturated heterocycles. The van der Waals surface area contributed by atoms with Gasteiger partial charge in [-0.2, -0.15) is 4.68 Å². The Bertz CT molecular complexity index is 347. The average molecular weight is 165 g/mol. The number of hydrogen-bond donors (Lipinski definition) is 1. The van der Waals surface area contributed by atoms with E-state index in [2.05, 4.69) is 43.1 Å². The predicted molar refractivity (Wildman–Crippen MR) is 36.0 cm³/mol. The van der Waals surface area contributed by atoms with Crippen LogP contribution in [0.2, 0.25) is 0 Å². The van der Waals surface area contributed by atoms with Crippen LogP contribution in [-0.4, -0.2) is 40.8 Å². The summed E-state index contributed by atoms with van der Waals surface area (Å²) in [5.41, 5.74) is 0. The van der Waals surface area contributed by atoms with Crippen LogP contribution in [-0.2, 0) is 6.42 Å². The van der Waals surface area contributed by atoms with Crippen LogP contribution in [0, 0.1) is 6.92 Å². The van der Waals surface area contributed by atoms with Crippen molar-refractivity contribution in [1.29, 1.82) is 0 Å². The summed E-state index contributed by atoms with van der Waals surface area (Å²) < 4.78 is 1.40. The number of nitrogens with zero attached hydrogens (tertiary/aromatic N) is 7. The predicted octanol–water partition coefficient (Wildman–Crippen LogP) is -1.45. The molecule has 0 atom stereocenters. The van der Waals surface area contributed by atoms with E-state index in [1.54, 1.807) is 0 Å². The molecule has 0 unspecified atom stereocenters. The fraction of sp³-hybridized carbons (Fsp3) is 0.250. The molecule has 1 N–H and O–H groups in total. The van der Waals surface area contributed by atoms with E-state index in [1.807, 2.05) is 0 Å². The first-order chi connectivity index (χ1) is 5.92. The summed E-state index contributed by atoms with van der Waals surface area (Å²) in [6.45, 7) is 3.65. The maximum atomic E-state index is 3.71. The molecule has 12 heavy (non-hydrogen) atoms. The molecule has 8 heteroatoms. The SMILES string of the molecule is [CH2]Cc1nnnn1-c1nnn[nH]1. The van der Waals surface area contributed by atoms with Crippen LogP contribution >= 0.6 is 0 Å². The van der Waals surface area contributed by atoms with Gasteiger partial charge in [0.1, 0.15) is 0 Å². The molecule has 2 aromatic rings. The van der Waals surface area contributed by atoms with E-state index >= 15 is 0 Å². The third kappa shape index (κ3) is 0.929. The minimum absolute atomic E-state index is 0.388. The number of H-pyrrole nitrogens is 1. The zero-order chi connectivity index (χ0) is 8.39. The van der Waals surface area contributed by atoms with Crippen LogP contribution in [0.3, 0.4) is 0 Å². The largest absolute Gasteiger partial charge is 0.270 e. The van der Waals surface area contributed by atoms with Crippen LogP contribution in [0.15, 0.2) is 0 Å². The molecule has 0 aromatic carbocycles. The van der Waals surface area contributed by atoms with E-state index < -0.39 is 0 Å².